The number of ether oxygens (including phenoxy) is 8. The summed E-state index contributed by atoms with van der Waals surface area (Å²) in [6.45, 7) is 8.49. The zero-order valence-electron chi connectivity index (χ0n) is 25.0. The summed E-state index contributed by atoms with van der Waals surface area (Å²) in [6.07, 6.45) is 0.286. The van der Waals surface area contributed by atoms with Gasteiger partial charge in [0.1, 0.15) is 6.61 Å². The number of alkyl carbamates (subject to hydrolysis) is 1. The van der Waals surface area contributed by atoms with E-state index in [1.807, 2.05) is 24.3 Å². The van der Waals surface area contributed by atoms with Gasteiger partial charge in [-0.25, -0.2) is 4.79 Å². The van der Waals surface area contributed by atoms with Crippen molar-refractivity contribution < 1.29 is 42.7 Å². The Hall–Kier alpha value is -1.84. The molecule has 0 aliphatic heterocycles. The first-order chi connectivity index (χ1) is 21.3. The molecule has 0 fully saturated rings. The smallest absolute Gasteiger partial charge is 0.407 e. The molecular weight excluding hydrogens is 669 g/mol. The second-order valence-electron chi connectivity index (χ2n) is 9.58. The lowest BCUT2D eigenvalue weighted by atomic mass is 9.98. The Morgan fingerprint density at radius 2 is 0.977 bits per heavy atom. The minimum Gasteiger partial charge on any atom is -0.449 e. The highest BCUT2D eigenvalue weighted by molar-refractivity contribution is 14.1. The van der Waals surface area contributed by atoms with Crippen molar-refractivity contribution in [2.45, 2.75) is 12.3 Å². The van der Waals surface area contributed by atoms with E-state index >= 15 is 0 Å². The fourth-order valence-corrected chi connectivity index (χ4v) is 4.80. The van der Waals surface area contributed by atoms with Crippen LogP contribution in [0.15, 0.2) is 48.5 Å². The van der Waals surface area contributed by atoms with Crippen LogP contribution in [0, 0.1) is 0 Å². The van der Waals surface area contributed by atoms with Crippen LogP contribution in [0.3, 0.4) is 0 Å². The standard InChI is InChI=1S/C32H46INO9/c33-10-13-37-15-17-39-19-21-41-23-25-42-24-22-40-20-18-38-16-14-36-12-5-11-34-32(35)43-26-31-29-8-3-1-6-27(29)28-7-2-4-9-30(28)31/h1-4,6-9,31H,5,10-26H2,(H,34,35). The Balaban J connectivity index is 1.03. The average Bonchev–Trinajstić information content (AvgIpc) is 3.35. The van der Waals surface area contributed by atoms with E-state index in [0.29, 0.717) is 105 Å². The largest absolute Gasteiger partial charge is 0.449 e. The maximum Gasteiger partial charge on any atom is 0.407 e. The monoisotopic (exact) mass is 715 g/mol. The van der Waals surface area contributed by atoms with Crippen LogP contribution in [0.1, 0.15) is 23.5 Å². The lowest BCUT2D eigenvalue weighted by Gasteiger charge is -2.14. The SMILES string of the molecule is O=C(NCCCOCCOCCOCCOCCOCCOCCOCCI)OCC1c2ccccc2-c2ccccc21. The average molecular weight is 716 g/mol. The topological polar surface area (TPSA) is 103 Å². The van der Waals surface area contributed by atoms with Crippen LogP contribution in [-0.4, -0.2) is 116 Å². The van der Waals surface area contributed by atoms with Gasteiger partial charge in [0.25, 0.3) is 0 Å². The number of halogens is 1. The third-order valence-corrected chi connectivity index (χ3v) is 6.97. The van der Waals surface area contributed by atoms with Gasteiger partial charge in [0.05, 0.1) is 85.9 Å². The van der Waals surface area contributed by atoms with Crippen molar-refractivity contribution in [3.8, 4) is 11.1 Å². The first-order valence-electron chi connectivity index (χ1n) is 15.0. The lowest BCUT2D eigenvalue weighted by Crippen LogP contribution is -2.27. The summed E-state index contributed by atoms with van der Waals surface area (Å²) in [5.41, 5.74) is 4.83. The molecule has 0 spiro atoms. The van der Waals surface area contributed by atoms with Gasteiger partial charge in [0.2, 0.25) is 0 Å². The molecule has 0 unspecified atom stereocenters. The molecule has 11 heteroatoms. The van der Waals surface area contributed by atoms with Gasteiger partial charge in [-0.15, -0.1) is 0 Å². The van der Waals surface area contributed by atoms with Gasteiger partial charge < -0.3 is 43.2 Å². The molecule has 0 atom stereocenters. The Morgan fingerprint density at radius 3 is 1.42 bits per heavy atom. The van der Waals surface area contributed by atoms with Crippen LogP contribution >= 0.6 is 22.6 Å². The van der Waals surface area contributed by atoms with Crippen molar-refractivity contribution in [2.75, 3.05) is 110 Å². The summed E-state index contributed by atoms with van der Waals surface area (Å²) in [5.74, 6) is 0.0580. The Kier molecular flexibility index (Phi) is 19.5. The molecule has 1 aliphatic rings. The molecule has 0 heterocycles. The molecule has 43 heavy (non-hydrogen) atoms. The molecule has 1 N–H and O–H groups in total. The molecule has 1 amide bonds. The highest BCUT2D eigenvalue weighted by atomic mass is 127. The predicted octanol–water partition coefficient (Wildman–Crippen LogP) is 4.47. The van der Waals surface area contributed by atoms with Gasteiger partial charge in [0, 0.05) is 23.5 Å². The number of alkyl halides is 1. The van der Waals surface area contributed by atoms with Gasteiger partial charge in [-0.3, -0.25) is 0 Å². The number of rotatable bonds is 26. The van der Waals surface area contributed by atoms with Crippen LogP contribution in [0.25, 0.3) is 11.1 Å². The molecule has 2 aromatic carbocycles. The quantitative estimate of drug-likeness (QED) is 0.0860. The molecule has 0 saturated carbocycles. The second kappa shape index (κ2) is 23.5. The first kappa shape index (κ1) is 35.6. The van der Waals surface area contributed by atoms with Crippen LogP contribution in [0.4, 0.5) is 4.79 Å². The number of hydrogen-bond acceptors (Lipinski definition) is 9. The van der Waals surface area contributed by atoms with Crippen molar-refractivity contribution in [1.82, 2.24) is 5.32 Å². The molecule has 0 saturated heterocycles. The summed E-state index contributed by atoms with van der Waals surface area (Å²) in [4.78, 5) is 12.2. The van der Waals surface area contributed by atoms with Crippen molar-refractivity contribution in [1.29, 1.82) is 0 Å². The summed E-state index contributed by atoms with van der Waals surface area (Å²) < 4.78 is 44.7. The molecule has 0 aromatic heterocycles. The van der Waals surface area contributed by atoms with E-state index in [1.54, 1.807) is 0 Å². The highest BCUT2D eigenvalue weighted by Crippen LogP contribution is 2.44. The summed E-state index contributed by atoms with van der Waals surface area (Å²) >= 11 is 2.28. The van der Waals surface area contributed by atoms with Crippen molar-refractivity contribution in [3.05, 3.63) is 59.7 Å². The van der Waals surface area contributed by atoms with E-state index in [0.717, 1.165) is 11.0 Å². The van der Waals surface area contributed by atoms with Crippen LogP contribution in [0.5, 0.6) is 0 Å². The highest BCUT2D eigenvalue weighted by Gasteiger charge is 2.28. The van der Waals surface area contributed by atoms with Crippen LogP contribution in [0.2, 0.25) is 0 Å². The molecular formula is C32H46INO9. The lowest BCUT2D eigenvalue weighted by molar-refractivity contribution is -0.0200. The van der Waals surface area contributed by atoms with Crippen LogP contribution in [-0.2, 0) is 37.9 Å². The molecule has 2 aromatic rings. The number of fused-ring (bicyclic) bond motifs is 3. The molecule has 0 radical (unpaired) electrons. The van der Waals surface area contributed by atoms with Crippen LogP contribution < -0.4 is 5.32 Å². The number of carbonyl (C=O) groups is 1. The molecule has 1 aliphatic carbocycles. The predicted molar refractivity (Wildman–Crippen MR) is 172 cm³/mol. The van der Waals surface area contributed by atoms with Gasteiger partial charge >= 0.3 is 6.09 Å². The van der Waals surface area contributed by atoms with E-state index in [2.05, 4.69) is 52.2 Å². The van der Waals surface area contributed by atoms with E-state index in [-0.39, 0.29) is 5.92 Å². The maximum atomic E-state index is 12.2. The maximum absolute atomic E-state index is 12.2. The Morgan fingerprint density at radius 1 is 0.581 bits per heavy atom. The molecule has 0 bridgehead atoms. The fourth-order valence-electron chi connectivity index (χ4n) is 4.49. The van der Waals surface area contributed by atoms with Crippen molar-refractivity contribution in [3.63, 3.8) is 0 Å². The van der Waals surface area contributed by atoms with E-state index < -0.39 is 6.09 Å². The van der Waals surface area contributed by atoms with Gasteiger partial charge in [-0.2, -0.15) is 0 Å². The van der Waals surface area contributed by atoms with E-state index in [4.69, 9.17) is 37.9 Å². The number of carbonyl (C=O) groups excluding carboxylic acids is 1. The first-order valence-corrected chi connectivity index (χ1v) is 16.5. The summed E-state index contributed by atoms with van der Waals surface area (Å²) in [5, 5.41) is 2.80. The minimum absolute atomic E-state index is 0.0580. The number of nitrogens with one attached hydrogen (secondary N) is 1. The third kappa shape index (κ3) is 14.7. The summed E-state index contributed by atoms with van der Waals surface area (Å²) in [6, 6.07) is 16.6. The zero-order chi connectivity index (χ0) is 30.2. The summed E-state index contributed by atoms with van der Waals surface area (Å²) in [7, 11) is 0. The number of benzene rings is 2. The van der Waals surface area contributed by atoms with Crippen molar-refractivity contribution in [2.24, 2.45) is 0 Å². The number of amides is 1. The van der Waals surface area contributed by atoms with Gasteiger partial charge in [-0.1, -0.05) is 71.1 Å². The van der Waals surface area contributed by atoms with Gasteiger partial charge in [-0.05, 0) is 28.7 Å². The van der Waals surface area contributed by atoms with Crippen molar-refractivity contribution >= 4 is 28.7 Å². The number of hydrogen-bond donors (Lipinski definition) is 1. The molecule has 10 nitrogen and oxygen atoms in total. The fraction of sp³-hybridized carbons (Fsp3) is 0.594. The van der Waals surface area contributed by atoms with E-state index in [9.17, 15) is 4.79 Å². The zero-order valence-corrected chi connectivity index (χ0v) is 27.1. The second-order valence-corrected chi connectivity index (χ2v) is 10.7. The Bertz CT molecular complexity index is 967. The minimum atomic E-state index is -0.408. The third-order valence-electron chi connectivity index (χ3n) is 6.53. The van der Waals surface area contributed by atoms with Gasteiger partial charge in [0.15, 0.2) is 0 Å². The molecule has 240 valence electrons. The Labute approximate surface area is 269 Å². The molecule has 3 rings (SSSR count). The van der Waals surface area contributed by atoms with E-state index in [1.165, 1.54) is 22.3 Å². The normalized spacial score (nSPS) is 12.3.